The van der Waals surface area contributed by atoms with E-state index in [-0.39, 0.29) is 29.8 Å². The Morgan fingerprint density at radius 3 is 2.07 bits per heavy atom. The van der Waals surface area contributed by atoms with E-state index in [4.69, 9.17) is 0 Å². The van der Waals surface area contributed by atoms with Crippen molar-refractivity contribution in [3.63, 3.8) is 0 Å². The fourth-order valence-corrected chi connectivity index (χ4v) is 7.13. The number of hydrogen-bond donors (Lipinski definition) is 1. The summed E-state index contributed by atoms with van der Waals surface area (Å²) in [4.78, 5) is 30.0. The molecule has 236 valence electrons. The molecule has 0 spiro atoms. The quantitative estimate of drug-likeness (QED) is 0.179. The van der Waals surface area contributed by atoms with E-state index in [0.29, 0.717) is 5.69 Å². The number of carbonyl (C=O) groups excluding carboxylic acids is 2. The molecule has 7 nitrogen and oxygen atoms in total. The lowest BCUT2D eigenvalue weighted by molar-refractivity contribution is -0.140. The van der Waals surface area contributed by atoms with Gasteiger partial charge in [-0.1, -0.05) is 93.8 Å². The molecule has 4 aromatic carbocycles. The van der Waals surface area contributed by atoms with Gasteiger partial charge >= 0.3 is 0 Å². The molecule has 2 amide bonds. The van der Waals surface area contributed by atoms with Gasteiger partial charge in [0.25, 0.3) is 10.0 Å². The lowest BCUT2D eigenvalue weighted by Crippen LogP contribution is -2.54. The first kappa shape index (κ1) is 33.9. The fraction of sp³-hybridized carbons (Fsp3) is 0.278. The number of aryl methyl sites for hydroxylation is 3. The molecule has 4 aromatic rings. The smallest absolute Gasteiger partial charge is 0.264 e. The summed E-state index contributed by atoms with van der Waals surface area (Å²) in [5.41, 5.74) is 4.70. The number of benzene rings is 4. The van der Waals surface area contributed by atoms with E-state index >= 15 is 0 Å². The molecule has 0 fully saturated rings. The molecule has 0 saturated heterocycles. The first-order valence-corrected chi connectivity index (χ1v) is 17.1. The van der Waals surface area contributed by atoms with E-state index in [1.807, 2.05) is 101 Å². The van der Waals surface area contributed by atoms with Gasteiger partial charge in [0, 0.05) is 23.5 Å². The largest absolute Gasteiger partial charge is 0.352 e. The van der Waals surface area contributed by atoms with Crippen LogP contribution in [0.25, 0.3) is 0 Å². The summed E-state index contributed by atoms with van der Waals surface area (Å²) in [6, 6.07) is 28.0. The molecule has 1 unspecified atom stereocenters. The molecule has 45 heavy (non-hydrogen) atoms. The Hall–Kier alpha value is -3.95. The molecular weight excluding hydrogens is 650 g/mol. The Morgan fingerprint density at radius 1 is 0.800 bits per heavy atom. The van der Waals surface area contributed by atoms with Crippen molar-refractivity contribution >= 4 is 43.5 Å². The molecule has 0 aliphatic rings. The highest BCUT2D eigenvalue weighted by atomic mass is 79.9. The molecule has 1 atom stereocenters. The van der Waals surface area contributed by atoms with Crippen molar-refractivity contribution in [1.82, 2.24) is 10.2 Å². The summed E-state index contributed by atoms with van der Waals surface area (Å²) in [6.07, 6.45) is 0.257. The van der Waals surface area contributed by atoms with Crippen LogP contribution in [0.15, 0.2) is 106 Å². The van der Waals surface area contributed by atoms with Gasteiger partial charge in [0.15, 0.2) is 0 Å². The molecule has 0 aliphatic carbocycles. The van der Waals surface area contributed by atoms with Crippen molar-refractivity contribution in [3.05, 3.63) is 129 Å². The van der Waals surface area contributed by atoms with Crippen LogP contribution < -0.4 is 9.62 Å². The highest BCUT2D eigenvalue weighted by molar-refractivity contribution is 9.10. The second-order valence-electron chi connectivity index (χ2n) is 11.6. The Balaban J connectivity index is 1.83. The maximum absolute atomic E-state index is 14.6. The van der Waals surface area contributed by atoms with Crippen LogP contribution in [0.4, 0.5) is 5.69 Å². The first-order valence-electron chi connectivity index (χ1n) is 14.9. The topological polar surface area (TPSA) is 86.8 Å². The highest BCUT2D eigenvalue weighted by Crippen LogP contribution is 2.29. The summed E-state index contributed by atoms with van der Waals surface area (Å²) < 4.78 is 30.5. The maximum Gasteiger partial charge on any atom is 0.264 e. The molecule has 0 heterocycles. The van der Waals surface area contributed by atoms with Crippen LogP contribution in [0.5, 0.6) is 0 Å². The molecule has 0 aliphatic heterocycles. The third-order valence-electron chi connectivity index (χ3n) is 7.45. The van der Waals surface area contributed by atoms with Crippen molar-refractivity contribution < 1.29 is 18.0 Å². The zero-order valence-corrected chi connectivity index (χ0v) is 28.7. The Morgan fingerprint density at radius 2 is 1.44 bits per heavy atom. The van der Waals surface area contributed by atoms with Crippen LogP contribution in [-0.2, 0) is 32.6 Å². The van der Waals surface area contributed by atoms with Gasteiger partial charge in [-0.15, -0.1) is 0 Å². The van der Waals surface area contributed by atoms with Crippen LogP contribution in [0.1, 0.15) is 41.7 Å². The van der Waals surface area contributed by atoms with E-state index in [9.17, 15) is 18.0 Å². The third kappa shape index (κ3) is 8.83. The average Bonchev–Trinajstić information content (AvgIpc) is 2.98. The number of rotatable bonds is 12. The second-order valence-corrected chi connectivity index (χ2v) is 14.4. The number of hydrogen-bond acceptors (Lipinski definition) is 4. The van der Waals surface area contributed by atoms with E-state index in [2.05, 4.69) is 21.2 Å². The number of anilines is 1. The Labute approximate surface area is 275 Å². The summed E-state index contributed by atoms with van der Waals surface area (Å²) in [5.74, 6) is -0.804. The Kier molecular flexibility index (Phi) is 11.2. The normalized spacial score (nSPS) is 12.1. The first-order chi connectivity index (χ1) is 21.3. The zero-order chi connectivity index (χ0) is 32.7. The molecule has 9 heteroatoms. The zero-order valence-electron chi connectivity index (χ0n) is 26.3. The SMILES string of the molecule is Cc1ccc(S(=O)(=O)N(CC(=O)N(Cc2cccc(Br)c2)C(Cc2ccccc2)C(=O)NC(C)C)c2ccc(C)cc2C)cc1. The predicted molar refractivity (Wildman–Crippen MR) is 184 cm³/mol. The summed E-state index contributed by atoms with van der Waals surface area (Å²) in [6.45, 7) is 9.00. The maximum atomic E-state index is 14.6. The standard InChI is InChI=1S/C36H40BrN3O4S/c1-25(2)38-36(42)34(22-29-10-7-6-8-11-29)39(23-30-12-9-13-31(37)21-30)35(41)24-40(33-19-16-27(4)20-28(33)5)45(43,44)32-17-14-26(3)15-18-32/h6-21,25,34H,22-24H2,1-5H3,(H,38,42). The van der Waals surface area contributed by atoms with Gasteiger partial charge in [-0.05, 0) is 81.6 Å². The minimum atomic E-state index is -4.16. The average molecular weight is 691 g/mol. The molecule has 0 aromatic heterocycles. The lowest BCUT2D eigenvalue weighted by Gasteiger charge is -2.34. The lowest BCUT2D eigenvalue weighted by atomic mass is 10.0. The molecule has 0 bridgehead atoms. The van der Waals surface area contributed by atoms with Crippen LogP contribution in [0.2, 0.25) is 0 Å². The van der Waals surface area contributed by atoms with Gasteiger partial charge in [-0.25, -0.2) is 8.42 Å². The van der Waals surface area contributed by atoms with Crippen molar-refractivity contribution in [3.8, 4) is 0 Å². The third-order valence-corrected chi connectivity index (χ3v) is 9.72. The number of amides is 2. The number of nitrogens with one attached hydrogen (secondary N) is 1. The van der Waals surface area contributed by atoms with Crippen molar-refractivity contribution in [2.45, 2.75) is 64.6 Å². The summed E-state index contributed by atoms with van der Waals surface area (Å²) in [7, 11) is -4.16. The van der Waals surface area contributed by atoms with E-state index in [1.54, 1.807) is 30.3 Å². The highest BCUT2D eigenvalue weighted by Gasteiger charge is 2.35. The van der Waals surface area contributed by atoms with E-state index in [0.717, 1.165) is 32.3 Å². The van der Waals surface area contributed by atoms with Gasteiger partial charge in [0.1, 0.15) is 12.6 Å². The van der Waals surface area contributed by atoms with E-state index in [1.165, 1.54) is 9.21 Å². The number of sulfonamides is 1. The van der Waals surface area contributed by atoms with Gasteiger partial charge in [-0.2, -0.15) is 0 Å². The van der Waals surface area contributed by atoms with Crippen LogP contribution in [0.3, 0.4) is 0 Å². The van der Waals surface area contributed by atoms with Gasteiger partial charge in [-0.3, -0.25) is 13.9 Å². The molecule has 0 radical (unpaired) electrons. The van der Waals surface area contributed by atoms with Crippen LogP contribution in [-0.4, -0.2) is 43.8 Å². The fourth-order valence-electron chi connectivity index (χ4n) is 5.20. The van der Waals surface area contributed by atoms with E-state index < -0.39 is 28.5 Å². The Bertz CT molecular complexity index is 1740. The van der Waals surface area contributed by atoms with Gasteiger partial charge < -0.3 is 10.2 Å². The molecule has 0 saturated carbocycles. The van der Waals surface area contributed by atoms with Crippen LogP contribution in [0, 0.1) is 20.8 Å². The predicted octanol–water partition coefficient (Wildman–Crippen LogP) is 6.73. The van der Waals surface area contributed by atoms with Crippen molar-refractivity contribution in [2.24, 2.45) is 0 Å². The number of nitrogens with zero attached hydrogens (tertiary/aromatic N) is 2. The summed E-state index contributed by atoms with van der Waals surface area (Å²) in [5, 5.41) is 2.98. The minimum absolute atomic E-state index is 0.0813. The van der Waals surface area contributed by atoms with Crippen molar-refractivity contribution in [2.75, 3.05) is 10.8 Å². The monoisotopic (exact) mass is 689 g/mol. The molecular formula is C36H40BrN3O4S. The van der Waals surface area contributed by atoms with Crippen molar-refractivity contribution in [1.29, 1.82) is 0 Å². The van der Waals surface area contributed by atoms with Gasteiger partial charge in [0.05, 0.1) is 10.6 Å². The minimum Gasteiger partial charge on any atom is -0.352 e. The molecule has 4 rings (SSSR count). The number of carbonyl (C=O) groups is 2. The summed E-state index contributed by atoms with van der Waals surface area (Å²) >= 11 is 3.51. The number of halogens is 1. The van der Waals surface area contributed by atoms with Gasteiger partial charge in [0.2, 0.25) is 11.8 Å². The van der Waals surface area contributed by atoms with Crippen LogP contribution >= 0.6 is 15.9 Å². The molecule has 1 N–H and O–H groups in total. The second kappa shape index (κ2) is 14.9.